The lowest BCUT2D eigenvalue weighted by atomic mass is 10.0. The molecule has 0 fully saturated rings. The van der Waals surface area contributed by atoms with Crippen molar-refractivity contribution in [3.05, 3.63) is 36.0 Å². The van der Waals surface area contributed by atoms with Gasteiger partial charge < -0.3 is 36.7 Å². The van der Waals surface area contributed by atoms with Crippen LogP contribution in [0.4, 0.5) is 0 Å². The third-order valence-corrected chi connectivity index (χ3v) is 4.26. The van der Waals surface area contributed by atoms with Crippen LogP contribution in [-0.4, -0.2) is 68.8 Å². The minimum absolute atomic E-state index is 0.131. The highest BCUT2D eigenvalue weighted by Gasteiger charge is 2.29. The number of carboxylic acids is 2. The van der Waals surface area contributed by atoms with E-state index in [0.29, 0.717) is 0 Å². The molecule has 11 heteroatoms. The Kier molecular flexibility index (Phi) is 7.28. The number of aliphatic carboxylic acids is 2. The van der Waals surface area contributed by atoms with Gasteiger partial charge in [0.2, 0.25) is 11.8 Å². The Morgan fingerprint density at radius 1 is 1.03 bits per heavy atom. The molecule has 0 saturated heterocycles. The Bertz CT molecular complexity index is 911. The number of aliphatic hydroxyl groups excluding tert-OH is 1. The van der Waals surface area contributed by atoms with Crippen LogP contribution in [0.25, 0.3) is 10.9 Å². The molecule has 0 aliphatic rings. The number of fused-ring (bicyclic) bond motifs is 1. The first-order chi connectivity index (χ1) is 13.7. The Morgan fingerprint density at radius 2 is 1.69 bits per heavy atom. The van der Waals surface area contributed by atoms with Gasteiger partial charge >= 0.3 is 11.9 Å². The van der Waals surface area contributed by atoms with Crippen molar-refractivity contribution in [2.75, 3.05) is 6.61 Å². The van der Waals surface area contributed by atoms with Gasteiger partial charge in [0, 0.05) is 17.1 Å². The number of hydrogen-bond donors (Lipinski definition) is 7. The van der Waals surface area contributed by atoms with E-state index in [2.05, 4.69) is 10.3 Å². The van der Waals surface area contributed by atoms with Crippen LogP contribution in [0, 0.1) is 0 Å². The number of benzene rings is 1. The number of carbonyl (C=O) groups is 4. The number of nitrogens with two attached hydrogens (primary N) is 1. The molecule has 1 heterocycles. The number of carbonyl (C=O) groups excluding carboxylic acids is 2. The summed E-state index contributed by atoms with van der Waals surface area (Å²) in [7, 11) is 0. The first-order valence-electron chi connectivity index (χ1n) is 8.69. The van der Waals surface area contributed by atoms with Crippen LogP contribution in [0.3, 0.4) is 0 Å². The molecule has 0 aliphatic heterocycles. The maximum atomic E-state index is 12.4. The molecular weight excluding hydrogens is 384 g/mol. The van der Waals surface area contributed by atoms with Crippen LogP contribution in [0.2, 0.25) is 0 Å². The number of H-pyrrole nitrogens is 1. The number of aliphatic hydroxyl groups is 1. The molecule has 2 amide bonds. The minimum atomic E-state index is -1.63. The van der Waals surface area contributed by atoms with E-state index in [1.807, 2.05) is 29.6 Å². The molecule has 29 heavy (non-hydrogen) atoms. The summed E-state index contributed by atoms with van der Waals surface area (Å²) in [5.74, 6) is -4.71. The van der Waals surface area contributed by atoms with Gasteiger partial charge in [-0.15, -0.1) is 0 Å². The molecule has 3 atom stereocenters. The van der Waals surface area contributed by atoms with Gasteiger partial charge in [-0.25, -0.2) is 4.79 Å². The fourth-order valence-corrected chi connectivity index (χ4v) is 2.75. The molecule has 0 bridgehead atoms. The summed E-state index contributed by atoms with van der Waals surface area (Å²) >= 11 is 0. The van der Waals surface area contributed by atoms with Crippen molar-refractivity contribution in [3.63, 3.8) is 0 Å². The van der Waals surface area contributed by atoms with Crippen molar-refractivity contribution in [1.29, 1.82) is 0 Å². The molecule has 11 nitrogen and oxygen atoms in total. The summed E-state index contributed by atoms with van der Waals surface area (Å²) in [6.07, 6.45) is 1.05. The van der Waals surface area contributed by atoms with Crippen LogP contribution in [0.1, 0.15) is 12.0 Å². The van der Waals surface area contributed by atoms with Gasteiger partial charge in [-0.2, -0.15) is 0 Å². The highest BCUT2D eigenvalue weighted by atomic mass is 16.4. The van der Waals surface area contributed by atoms with Crippen molar-refractivity contribution in [3.8, 4) is 0 Å². The van der Waals surface area contributed by atoms with Crippen LogP contribution >= 0.6 is 0 Å². The molecule has 0 radical (unpaired) electrons. The van der Waals surface area contributed by atoms with Gasteiger partial charge in [0.1, 0.15) is 12.1 Å². The SMILES string of the molecule is N[C@@H](Cc1c[nH]c2ccccc12)C(=O)N[C@@H](CC(=O)O)C(=O)N[C@@H](CO)C(=O)O. The topological polar surface area (TPSA) is 195 Å². The Labute approximate surface area is 164 Å². The number of nitrogens with one attached hydrogen (secondary N) is 3. The third kappa shape index (κ3) is 5.77. The zero-order chi connectivity index (χ0) is 21.6. The fraction of sp³-hybridized carbons (Fsp3) is 0.333. The lowest BCUT2D eigenvalue weighted by Crippen LogP contribution is -2.56. The Balaban J connectivity index is 2.07. The first kappa shape index (κ1) is 21.9. The number of aromatic nitrogens is 1. The van der Waals surface area contributed by atoms with Gasteiger partial charge in [0.15, 0.2) is 0 Å². The number of rotatable bonds is 10. The molecule has 8 N–H and O–H groups in total. The lowest BCUT2D eigenvalue weighted by molar-refractivity contribution is -0.144. The summed E-state index contributed by atoms with van der Waals surface area (Å²) in [5, 5.41) is 31.9. The van der Waals surface area contributed by atoms with E-state index in [1.165, 1.54) is 0 Å². The second kappa shape index (κ2) is 9.66. The second-order valence-electron chi connectivity index (χ2n) is 6.41. The highest BCUT2D eigenvalue weighted by molar-refractivity contribution is 5.94. The number of aromatic amines is 1. The van der Waals surface area contributed by atoms with Crippen molar-refractivity contribution >= 4 is 34.7 Å². The minimum Gasteiger partial charge on any atom is -0.481 e. The normalized spacial score (nSPS) is 14.0. The second-order valence-corrected chi connectivity index (χ2v) is 6.41. The third-order valence-electron chi connectivity index (χ3n) is 4.26. The zero-order valence-corrected chi connectivity index (χ0v) is 15.3. The fourth-order valence-electron chi connectivity index (χ4n) is 2.75. The predicted octanol–water partition coefficient (Wildman–Crippen LogP) is -1.44. The maximum absolute atomic E-state index is 12.4. The summed E-state index contributed by atoms with van der Waals surface area (Å²) in [6.45, 7) is -0.894. The highest BCUT2D eigenvalue weighted by Crippen LogP contribution is 2.18. The summed E-state index contributed by atoms with van der Waals surface area (Å²) in [5.41, 5.74) is 7.55. The van der Waals surface area contributed by atoms with E-state index in [4.69, 9.17) is 21.1 Å². The molecule has 0 saturated carbocycles. The van der Waals surface area contributed by atoms with Gasteiger partial charge in [-0.05, 0) is 18.1 Å². The summed E-state index contributed by atoms with van der Waals surface area (Å²) < 4.78 is 0. The monoisotopic (exact) mass is 406 g/mol. The average molecular weight is 406 g/mol. The smallest absolute Gasteiger partial charge is 0.328 e. The van der Waals surface area contributed by atoms with Crippen molar-refractivity contribution in [2.45, 2.75) is 31.0 Å². The molecule has 2 aromatic rings. The summed E-state index contributed by atoms with van der Waals surface area (Å²) in [6, 6.07) is 3.13. The van der Waals surface area contributed by atoms with Crippen LogP contribution in [-0.2, 0) is 25.6 Å². The molecule has 156 valence electrons. The molecule has 0 aliphatic carbocycles. The lowest BCUT2D eigenvalue weighted by Gasteiger charge is -2.21. The van der Waals surface area contributed by atoms with Gasteiger partial charge in [0.25, 0.3) is 0 Å². The number of hydrogen-bond acceptors (Lipinski definition) is 6. The van der Waals surface area contributed by atoms with Gasteiger partial charge in [-0.3, -0.25) is 14.4 Å². The standard InChI is InChI=1S/C18H22N4O7/c19-11(5-9-7-20-12-4-2-1-3-10(9)12)16(26)21-13(6-15(24)25)17(27)22-14(8-23)18(28)29/h1-4,7,11,13-14,20,23H,5-6,8,19H2,(H,21,26)(H,22,27)(H,24,25)(H,28,29)/t11-,13-,14-/m0/s1. The molecule has 1 aromatic heterocycles. The van der Waals surface area contributed by atoms with Gasteiger partial charge in [0.05, 0.1) is 19.1 Å². The molecule has 0 unspecified atom stereocenters. The first-order valence-corrected chi connectivity index (χ1v) is 8.69. The number of amides is 2. The summed E-state index contributed by atoms with van der Waals surface area (Å²) in [4.78, 5) is 49.6. The van der Waals surface area contributed by atoms with Crippen LogP contribution in [0.15, 0.2) is 30.5 Å². The van der Waals surface area contributed by atoms with E-state index in [0.717, 1.165) is 16.5 Å². The van der Waals surface area contributed by atoms with Crippen molar-refractivity contribution in [2.24, 2.45) is 5.73 Å². The van der Waals surface area contributed by atoms with E-state index in [9.17, 15) is 19.2 Å². The molecule has 0 spiro atoms. The molecular formula is C18H22N4O7. The zero-order valence-electron chi connectivity index (χ0n) is 15.3. The van der Waals surface area contributed by atoms with E-state index < -0.39 is 54.9 Å². The quantitative estimate of drug-likeness (QED) is 0.249. The van der Waals surface area contributed by atoms with Gasteiger partial charge in [-0.1, -0.05) is 18.2 Å². The Morgan fingerprint density at radius 3 is 2.31 bits per heavy atom. The molecule has 2 rings (SSSR count). The average Bonchev–Trinajstić information content (AvgIpc) is 3.07. The van der Waals surface area contributed by atoms with E-state index >= 15 is 0 Å². The van der Waals surface area contributed by atoms with Crippen LogP contribution in [0.5, 0.6) is 0 Å². The number of para-hydroxylation sites is 1. The van der Waals surface area contributed by atoms with E-state index in [-0.39, 0.29) is 6.42 Å². The largest absolute Gasteiger partial charge is 0.481 e. The predicted molar refractivity (Wildman–Crippen MR) is 101 cm³/mol. The van der Waals surface area contributed by atoms with Crippen LogP contribution < -0.4 is 16.4 Å². The van der Waals surface area contributed by atoms with Crippen molar-refractivity contribution < 1.29 is 34.5 Å². The Hall–Kier alpha value is -3.44. The maximum Gasteiger partial charge on any atom is 0.328 e. The molecule has 1 aromatic carbocycles. The van der Waals surface area contributed by atoms with E-state index in [1.54, 1.807) is 6.20 Å². The van der Waals surface area contributed by atoms with Crippen molar-refractivity contribution in [1.82, 2.24) is 15.6 Å². The number of carboxylic acid groups (broad SMARTS) is 2.